The van der Waals surface area contributed by atoms with E-state index in [1.807, 2.05) is 26.0 Å². The van der Waals surface area contributed by atoms with E-state index in [2.05, 4.69) is 15.1 Å². The predicted octanol–water partition coefficient (Wildman–Crippen LogP) is 2.06. The third-order valence-electron chi connectivity index (χ3n) is 3.59. The molecule has 3 N–H and O–H groups in total. The van der Waals surface area contributed by atoms with Gasteiger partial charge in [0.25, 0.3) is 0 Å². The van der Waals surface area contributed by atoms with Crippen LogP contribution in [0.1, 0.15) is 13.8 Å². The van der Waals surface area contributed by atoms with Crippen LogP contribution in [0.25, 0.3) is 0 Å². The van der Waals surface area contributed by atoms with Crippen molar-refractivity contribution in [3.8, 4) is 0 Å². The van der Waals surface area contributed by atoms with Crippen molar-refractivity contribution in [2.45, 2.75) is 19.4 Å². The first-order valence-corrected chi connectivity index (χ1v) is 7.99. The fourth-order valence-corrected chi connectivity index (χ4v) is 2.74. The minimum Gasteiger partial charge on any atom is -0.325 e. The number of nitrogens with two attached hydrogens (primary N) is 1. The highest BCUT2D eigenvalue weighted by atomic mass is 35.5. The number of carbonyl (C=O) groups excluding carboxylic acids is 1. The Bertz CT molecular complexity index is 494. The van der Waals surface area contributed by atoms with E-state index in [-0.39, 0.29) is 23.9 Å². The maximum absolute atomic E-state index is 12.1. The highest BCUT2D eigenvalue weighted by Gasteiger charge is 2.22. The second-order valence-corrected chi connectivity index (χ2v) is 7.03. The van der Waals surface area contributed by atoms with Gasteiger partial charge in [0.1, 0.15) is 0 Å². The zero-order chi connectivity index (χ0) is 16.2. The normalized spacial score (nSPS) is 16.7. The van der Waals surface area contributed by atoms with Crippen molar-refractivity contribution in [2.24, 2.45) is 5.73 Å². The van der Waals surface area contributed by atoms with Crippen LogP contribution in [-0.4, -0.2) is 60.5 Å². The number of amides is 1. The predicted molar refractivity (Wildman–Crippen MR) is 98.5 cm³/mol. The molecule has 1 aromatic rings. The third-order valence-corrected chi connectivity index (χ3v) is 3.84. The fourth-order valence-electron chi connectivity index (χ4n) is 2.62. The molecule has 130 valence electrons. The Morgan fingerprint density at radius 3 is 2.22 bits per heavy atom. The van der Waals surface area contributed by atoms with E-state index in [1.54, 1.807) is 12.1 Å². The van der Waals surface area contributed by atoms with Crippen molar-refractivity contribution in [3.05, 3.63) is 29.3 Å². The summed E-state index contributed by atoms with van der Waals surface area (Å²) in [6.07, 6.45) is 0. The molecule has 7 heteroatoms. The lowest BCUT2D eigenvalue weighted by atomic mass is 10.1. The van der Waals surface area contributed by atoms with Crippen molar-refractivity contribution in [3.63, 3.8) is 0 Å². The number of carbonyl (C=O) groups is 1. The molecule has 5 nitrogen and oxygen atoms in total. The molecule has 0 unspecified atom stereocenters. The van der Waals surface area contributed by atoms with Crippen LogP contribution < -0.4 is 11.1 Å². The molecule has 1 aliphatic heterocycles. The van der Waals surface area contributed by atoms with E-state index in [9.17, 15) is 4.79 Å². The van der Waals surface area contributed by atoms with Gasteiger partial charge in [-0.2, -0.15) is 0 Å². The number of piperazine rings is 1. The van der Waals surface area contributed by atoms with Crippen molar-refractivity contribution < 1.29 is 4.79 Å². The first-order valence-electron chi connectivity index (χ1n) is 7.61. The average Bonchev–Trinajstić information content (AvgIpc) is 2.42. The molecule has 2 rings (SSSR count). The Balaban J connectivity index is 0.00000264. The largest absolute Gasteiger partial charge is 0.325 e. The number of nitrogens with zero attached hydrogens (tertiary/aromatic N) is 2. The van der Waals surface area contributed by atoms with Crippen LogP contribution in [0.4, 0.5) is 5.69 Å². The van der Waals surface area contributed by atoms with Gasteiger partial charge >= 0.3 is 0 Å². The van der Waals surface area contributed by atoms with Gasteiger partial charge in [-0.15, -0.1) is 12.4 Å². The van der Waals surface area contributed by atoms with Crippen LogP contribution >= 0.6 is 24.0 Å². The molecule has 1 heterocycles. The van der Waals surface area contributed by atoms with Gasteiger partial charge in [-0.1, -0.05) is 11.6 Å². The number of nitrogens with one attached hydrogen (secondary N) is 1. The summed E-state index contributed by atoms with van der Waals surface area (Å²) in [6, 6.07) is 7.15. The smallest absolute Gasteiger partial charge is 0.238 e. The van der Waals surface area contributed by atoms with Gasteiger partial charge in [0.2, 0.25) is 5.91 Å². The number of benzene rings is 1. The van der Waals surface area contributed by atoms with Crippen LogP contribution in [0.5, 0.6) is 0 Å². The summed E-state index contributed by atoms with van der Waals surface area (Å²) in [5.74, 6) is 0.00919. The third kappa shape index (κ3) is 7.50. The quantitative estimate of drug-likeness (QED) is 0.843. The van der Waals surface area contributed by atoms with Gasteiger partial charge in [-0.25, -0.2) is 0 Å². The van der Waals surface area contributed by atoms with Gasteiger partial charge < -0.3 is 11.1 Å². The van der Waals surface area contributed by atoms with Gasteiger partial charge in [0, 0.05) is 49.0 Å². The summed E-state index contributed by atoms with van der Waals surface area (Å²) >= 11 is 5.83. The molecule has 1 saturated heterocycles. The molecule has 23 heavy (non-hydrogen) atoms. The zero-order valence-electron chi connectivity index (χ0n) is 13.7. The number of rotatable bonds is 5. The van der Waals surface area contributed by atoms with Crippen molar-refractivity contribution >= 4 is 35.6 Å². The average molecular weight is 361 g/mol. The van der Waals surface area contributed by atoms with Crippen molar-refractivity contribution in [1.29, 1.82) is 0 Å². The second kappa shape index (κ2) is 8.85. The first-order chi connectivity index (χ1) is 10.3. The van der Waals surface area contributed by atoms with Crippen molar-refractivity contribution in [1.82, 2.24) is 9.80 Å². The van der Waals surface area contributed by atoms with Crippen LogP contribution in [0.15, 0.2) is 24.3 Å². The van der Waals surface area contributed by atoms with Gasteiger partial charge in [0.15, 0.2) is 0 Å². The number of anilines is 1. The summed E-state index contributed by atoms with van der Waals surface area (Å²) in [6.45, 7) is 9.08. The molecule has 0 atom stereocenters. The van der Waals surface area contributed by atoms with Crippen LogP contribution in [-0.2, 0) is 4.79 Å². The standard InChI is InChI=1S/C16H25ClN4O.ClH/c1-16(2,18)12-21-9-7-20(8-10-21)11-15(22)19-14-5-3-13(17)4-6-14;/h3-6H,7-12,18H2,1-2H3,(H,19,22);1H. The monoisotopic (exact) mass is 360 g/mol. The number of hydrogen-bond donors (Lipinski definition) is 2. The van der Waals surface area contributed by atoms with E-state index in [0.29, 0.717) is 11.6 Å². The Kier molecular flexibility index (Phi) is 7.77. The molecule has 0 aliphatic carbocycles. The lowest BCUT2D eigenvalue weighted by Crippen LogP contribution is -2.53. The minimum atomic E-state index is -0.172. The fraction of sp³-hybridized carbons (Fsp3) is 0.562. The van der Waals surface area contributed by atoms with Gasteiger partial charge in [-0.05, 0) is 38.1 Å². The molecule has 1 aliphatic rings. The summed E-state index contributed by atoms with van der Waals surface area (Å²) in [4.78, 5) is 16.6. The molecule has 1 aromatic carbocycles. The summed E-state index contributed by atoms with van der Waals surface area (Å²) in [5, 5.41) is 3.56. The molecular weight excluding hydrogens is 335 g/mol. The molecule has 1 fully saturated rings. The minimum absolute atomic E-state index is 0. The Morgan fingerprint density at radius 2 is 1.70 bits per heavy atom. The zero-order valence-corrected chi connectivity index (χ0v) is 15.3. The van der Waals surface area contributed by atoms with E-state index in [1.165, 1.54) is 0 Å². The van der Waals surface area contributed by atoms with Crippen molar-refractivity contribution in [2.75, 3.05) is 44.6 Å². The highest BCUT2D eigenvalue weighted by molar-refractivity contribution is 6.30. The molecule has 0 radical (unpaired) electrons. The highest BCUT2D eigenvalue weighted by Crippen LogP contribution is 2.13. The molecule has 0 bridgehead atoms. The maximum atomic E-state index is 12.1. The number of hydrogen-bond acceptors (Lipinski definition) is 4. The molecule has 0 aromatic heterocycles. The lowest BCUT2D eigenvalue weighted by molar-refractivity contribution is -0.117. The molecule has 0 spiro atoms. The first kappa shape index (κ1) is 20.2. The maximum Gasteiger partial charge on any atom is 0.238 e. The molecular formula is C16H26Cl2N4O. The summed E-state index contributed by atoms with van der Waals surface area (Å²) in [5.41, 5.74) is 6.65. The SMILES string of the molecule is CC(C)(N)CN1CCN(CC(=O)Nc2ccc(Cl)cc2)CC1.Cl. The number of halogens is 2. The van der Waals surface area contributed by atoms with E-state index >= 15 is 0 Å². The van der Waals surface area contributed by atoms with Crippen LogP contribution in [0.3, 0.4) is 0 Å². The van der Waals surface area contributed by atoms with E-state index < -0.39 is 0 Å². The summed E-state index contributed by atoms with van der Waals surface area (Å²) < 4.78 is 0. The van der Waals surface area contributed by atoms with E-state index in [0.717, 1.165) is 38.4 Å². The van der Waals surface area contributed by atoms with Gasteiger partial charge in [-0.3, -0.25) is 14.6 Å². The lowest BCUT2D eigenvalue weighted by Gasteiger charge is -2.37. The van der Waals surface area contributed by atoms with E-state index in [4.69, 9.17) is 17.3 Å². The Hall–Kier alpha value is -0.850. The molecule has 1 amide bonds. The topological polar surface area (TPSA) is 61.6 Å². The molecule has 0 saturated carbocycles. The second-order valence-electron chi connectivity index (χ2n) is 6.60. The van der Waals surface area contributed by atoms with Gasteiger partial charge in [0.05, 0.1) is 6.54 Å². The summed E-state index contributed by atoms with van der Waals surface area (Å²) in [7, 11) is 0. The van der Waals surface area contributed by atoms with Crippen LogP contribution in [0.2, 0.25) is 5.02 Å². The Labute approximate surface area is 149 Å². The Morgan fingerprint density at radius 1 is 1.17 bits per heavy atom. The van der Waals surface area contributed by atoms with Crippen LogP contribution in [0, 0.1) is 0 Å².